The average Bonchev–Trinajstić information content (AvgIpc) is 2.73. The lowest BCUT2D eigenvalue weighted by Crippen LogP contribution is -2.14. The molecular weight excluding hydrogens is 224 g/mol. The summed E-state index contributed by atoms with van der Waals surface area (Å²) in [6.45, 7) is 0.907. The van der Waals surface area contributed by atoms with Crippen LogP contribution >= 0.6 is 0 Å². The van der Waals surface area contributed by atoms with E-state index in [1.165, 1.54) is 16.8 Å². The molecule has 3 rings (SSSR count). The van der Waals surface area contributed by atoms with Crippen molar-refractivity contribution in [1.82, 2.24) is 9.78 Å². The number of aromatic nitrogens is 2. The molecule has 88 valence electrons. The van der Waals surface area contributed by atoms with Gasteiger partial charge in [-0.15, -0.1) is 0 Å². The van der Waals surface area contributed by atoms with Crippen molar-refractivity contribution in [3.8, 4) is 5.69 Å². The maximum atomic E-state index is 13.7. The van der Waals surface area contributed by atoms with Gasteiger partial charge in [-0.3, -0.25) is 0 Å². The van der Waals surface area contributed by atoms with Gasteiger partial charge < -0.3 is 5.32 Å². The van der Waals surface area contributed by atoms with E-state index in [-0.39, 0.29) is 5.69 Å². The topological polar surface area (TPSA) is 29.9 Å². The molecule has 0 spiro atoms. The van der Waals surface area contributed by atoms with Gasteiger partial charge in [-0.05, 0) is 25.0 Å². The smallest absolute Gasteiger partial charge is 0.151 e. The molecule has 1 N–H and O–H groups in total. The van der Waals surface area contributed by atoms with Gasteiger partial charge in [0.1, 0.15) is 11.5 Å². The van der Waals surface area contributed by atoms with Gasteiger partial charge in [-0.2, -0.15) is 5.10 Å². The number of fused-ring (bicyclic) bond motifs is 1. The first-order valence-electron chi connectivity index (χ1n) is 5.52. The summed E-state index contributed by atoms with van der Waals surface area (Å²) < 4.78 is 28.0. The molecule has 0 amide bonds. The molecule has 1 aromatic heterocycles. The third-order valence-electron chi connectivity index (χ3n) is 2.91. The molecule has 0 aliphatic carbocycles. The fourth-order valence-corrected chi connectivity index (χ4v) is 2.10. The Labute approximate surface area is 97.1 Å². The quantitative estimate of drug-likeness (QED) is 0.823. The van der Waals surface area contributed by atoms with Crippen LogP contribution in [0.15, 0.2) is 24.4 Å². The SMILES string of the molecule is Fc1ccc(-n2ncc3c2CCCN3)c(F)c1. The van der Waals surface area contributed by atoms with Gasteiger partial charge in [-0.25, -0.2) is 13.5 Å². The molecule has 0 radical (unpaired) electrons. The normalized spacial score (nSPS) is 14.2. The van der Waals surface area contributed by atoms with Gasteiger partial charge in [0, 0.05) is 12.6 Å². The molecule has 0 bridgehead atoms. The van der Waals surface area contributed by atoms with Crippen molar-refractivity contribution in [2.24, 2.45) is 0 Å². The highest BCUT2D eigenvalue weighted by atomic mass is 19.1. The van der Waals surface area contributed by atoms with Crippen molar-refractivity contribution in [2.45, 2.75) is 12.8 Å². The van der Waals surface area contributed by atoms with Crippen molar-refractivity contribution in [2.75, 3.05) is 11.9 Å². The molecule has 0 atom stereocenters. The Morgan fingerprint density at radius 1 is 1.29 bits per heavy atom. The van der Waals surface area contributed by atoms with Crippen LogP contribution in [0.3, 0.4) is 0 Å². The van der Waals surface area contributed by atoms with Gasteiger partial charge in [0.2, 0.25) is 0 Å². The second kappa shape index (κ2) is 3.84. The molecule has 3 nitrogen and oxygen atoms in total. The molecule has 0 unspecified atom stereocenters. The highest BCUT2D eigenvalue weighted by molar-refractivity contribution is 5.52. The molecule has 2 heterocycles. The van der Waals surface area contributed by atoms with E-state index in [1.807, 2.05) is 0 Å². The van der Waals surface area contributed by atoms with Gasteiger partial charge in [0.15, 0.2) is 5.82 Å². The maximum absolute atomic E-state index is 13.7. The van der Waals surface area contributed by atoms with Crippen LogP contribution in [0.4, 0.5) is 14.5 Å². The lowest BCUT2D eigenvalue weighted by Gasteiger charge is -2.15. The third-order valence-corrected chi connectivity index (χ3v) is 2.91. The van der Waals surface area contributed by atoms with Crippen LogP contribution in [0.5, 0.6) is 0 Å². The van der Waals surface area contributed by atoms with E-state index >= 15 is 0 Å². The first-order chi connectivity index (χ1) is 8.25. The molecule has 5 heteroatoms. The van der Waals surface area contributed by atoms with E-state index in [0.29, 0.717) is 0 Å². The highest BCUT2D eigenvalue weighted by Crippen LogP contribution is 2.25. The predicted octanol–water partition coefficient (Wildman–Crippen LogP) is 2.51. The first kappa shape index (κ1) is 10.3. The van der Waals surface area contributed by atoms with Crippen LogP contribution in [0.2, 0.25) is 0 Å². The van der Waals surface area contributed by atoms with Crippen LogP contribution in [0.25, 0.3) is 5.69 Å². The summed E-state index contributed by atoms with van der Waals surface area (Å²) in [4.78, 5) is 0. The van der Waals surface area contributed by atoms with Crippen LogP contribution in [0.1, 0.15) is 12.1 Å². The van der Waals surface area contributed by atoms with Gasteiger partial charge >= 0.3 is 0 Å². The minimum Gasteiger partial charge on any atom is -0.382 e. The lowest BCUT2D eigenvalue weighted by atomic mass is 10.1. The maximum Gasteiger partial charge on any atom is 0.151 e. The molecule has 0 fully saturated rings. The number of hydrogen-bond donors (Lipinski definition) is 1. The molecule has 1 aromatic carbocycles. The summed E-state index contributed by atoms with van der Waals surface area (Å²) in [5.41, 5.74) is 2.16. The van der Waals surface area contributed by atoms with Crippen LogP contribution in [-0.4, -0.2) is 16.3 Å². The Kier molecular flexibility index (Phi) is 2.31. The van der Waals surface area contributed by atoms with E-state index in [9.17, 15) is 8.78 Å². The zero-order valence-electron chi connectivity index (χ0n) is 9.08. The fraction of sp³-hybridized carbons (Fsp3) is 0.250. The van der Waals surface area contributed by atoms with Crippen molar-refractivity contribution in [3.63, 3.8) is 0 Å². The largest absolute Gasteiger partial charge is 0.382 e. The van der Waals surface area contributed by atoms with E-state index < -0.39 is 11.6 Å². The fourth-order valence-electron chi connectivity index (χ4n) is 2.10. The summed E-state index contributed by atoms with van der Waals surface area (Å²) in [6, 6.07) is 3.52. The number of halogens is 2. The lowest BCUT2D eigenvalue weighted by molar-refractivity contribution is 0.570. The number of nitrogens with one attached hydrogen (secondary N) is 1. The summed E-state index contributed by atoms with van der Waals surface area (Å²) in [5, 5.41) is 7.35. The van der Waals surface area contributed by atoms with Crippen LogP contribution < -0.4 is 5.32 Å². The Balaban J connectivity index is 2.12. The third kappa shape index (κ3) is 1.67. The zero-order valence-corrected chi connectivity index (χ0v) is 9.08. The second-order valence-electron chi connectivity index (χ2n) is 4.04. The van der Waals surface area contributed by atoms with Crippen LogP contribution in [-0.2, 0) is 6.42 Å². The van der Waals surface area contributed by atoms with E-state index in [1.54, 1.807) is 6.20 Å². The molecule has 1 aliphatic rings. The monoisotopic (exact) mass is 235 g/mol. The predicted molar refractivity (Wildman–Crippen MR) is 60.3 cm³/mol. The molecule has 0 saturated heterocycles. The zero-order chi connectivity index (χ0) is 11.8. The number of hydrogen-bond acceptors (Lipinski definition) is 2. The Hall–Kier alpha value is -1.91. The molecule has 2 aromatic rings. The summed E-state index contributed by atoms with van der Waals surface area (Å²) in [7, 11) is 0. The van der Waals surface area contributed by atoms with Crippen molar-refractivity contribution in [1.29, 1.82) is 0 Å². The van der Waals surface area contributed by atoms with E-state index in [4.69, 9.17) is 0 Å². The van der Waals surface area contributed by atoms with E-state index in [2.05, 4.69) is 10.4 Å². The van der Waals surface area contributed by atoms with Gasteiger partial charge in [-0.1, -0.05) is 0 Å². The van der Waals surface area contributed by atoms with Gasteiger partial charge in [0.05, 0.1) is 17.6 Å². The van der Waals surface area contributed by atoms with E-state index in [0.717, 1.165) is 36.8 Å². The van der Waals surface area contributed by atoms with Crippen LogP contribution in [0, 0.1) is 11.6 Å². The van der Waals surface area contributed by atoms with Gasteiger partial charge in [0.25, 0.3) is 0 Å². The number of benzene rings is 1. The average molecular weight is 235 g/mol. The standard InChI is InChI=1S/C12H11F2N3/c13-8-3-4-11(9(14)6-8)17-12-2-1-5-15-10(12)7-16-17/h3-4,6-7,15H,1-2,5H2. The summed E-state index contributed by atoms with van der Waals surface area (Å²) in [6.07, 6.45) is 3.51. The number of nitrogens with zero attached hydrogens (tertiary/aromatic N) is 2. The molecule has 0 saturated carbocycles. The molecular formula is C12H11F2N3. The Morgan fingerprint density at radius 3 is 3.00 bits per heavy atom. The summed E-state index contributed by atoms with van der Waals surface area (Å²) >= 11 is 0. The number of rotatable bonds is 1. The van der Waals surface area contributed by atoms with Crippen molar-refractivity contribution < 1.29 is 8.78 Å². The Bertz CT molecular complexity index is 563. The van der Waals surface area contributed by atoms with Crippen molar-refractivity contribution in [3.05, 3.63) is 41.7 Å². The summed E-state index contributed by atoms with van der Waals surface area (Å²) in [5.74, 6) is -1.17. The minimum absolute atomic E-state index is 0.288. The Morgan fingerprint density at radius 2 is 2.18 bits per heavy atom. The number of anilines is 1. The first-order valence-corrected chi connectivity index (χ1v) is 5.52. The highest BCUT2D eigenvalue weighted by Gasteiger charge is 2.17. The minimum atomic E-state index is -0.596. The molecule has 1 aliphatic heterocycles. The van der Waals surface area contributed by atoms with Crippen molar-refractivity contribution >= 4 is 5.69 Å². The second-order valence-corrected chi connectivity index (χ2v) is 4.04. The molecule has 17 heavy (non-hydrogen) atoms.